The Morgan fingerprint density at radius 3 is 3.06 bits per heavy atom. The number of rotatable bonds is 4. The van der Waals surface area contributed by atoms with Gasteiger partial charge in [0, 0.05) is 6.20 Å². The van der Waals surface area contributed by atoms with E-state index in [0.717, 1.165) is 12.0 Å². The Kier molecular flexibility index (Phi) is 3.66. The second kappa shape index (κ2) is 5.39. The van der Waals surface area contributed by atoms with Gasteiger partial charge in [-0.05, 0) is 31.0 Å². The first-order valence-corrected chi connectivity index (χ1v) is 5.73. The zero-order valence-corrected chi connectivity index (χ0v) is 10.3. The Morgan fingerprint density at radius 2 is 2.33 bits per heavy atom. The highest BCUT2D eigenvalue weighted by atomic mass is 16.5. The minimum Gasteiger partial charge on any atom is -0.461 e. The summed E-state index contributed by atoms with van der Waals surface area (Å²) in [6.07, 6.45) is 3.97. The standard InChI is InChI=1S/C12H14N4O2/c1-3-6-18-12(17)10-8-16(15-14-10)11-7-9(2)4-5-13-11/h4-5,7-8H,3,6H2,1-2H3. The quantitative estimate of drug-likeness (QED) is 0.765. The monoisotopic (exact) mass is 246 g/mol. The molecule has 0 aliphatic heterocycles. The van der Waals surface area contributed by atoms with Crippen LogP contribution in [-0.2, 0) is 4.74 Å². The maximum atomic E-state index is 11.6. The van der Waals surface area contributed by atoms with E-state index in [1.165, 1.54) is 10.9 Å². The summed E-state index contributed by atoms with van der Waals surface area (Å²) < 4.78 is 6.43. The molecule has 2 aromatic heterocycles. The van der Waals surface area contributed by atoms with Crippen molar-refractivity contribution in [3.8, 4) is 5.82 Å². The summed E-state index contributed by atoms with van der Waals surface area (Å²) in [6.45, 7) is 4.27. The number of hydrogen-bond acceptors (Lipinski definition) is 5. The van der Waals surface area contributed by atoms with E-state index in [1.807, 2.05) is 26.0 Å². The van der Waals surface area contributed by atoms with Gasteiger partial charge in [0.25, 0.3) is 0 Å². The summed E-state index contributed by atoms with van der Waals surface area (Å²) in [5.41, 5.74) is 1.25. The molecule has 0 amide bonds. The molecule has 0 aromatic carbocycles. The first-order chi connectivity index (χ1) is 8.70. The van der Waals surface area contributed by atoms with Gasteiger partial charge in [-0.2, -0.15) is 0 Å². The van der Waals surface area contributed by atoms with Gasteiger partial charge in [-0.25, -0.2) is 14.5 Å². The van der Waals surface area contributed by atoms with E-state index >= 15 is 0 Å². The highest BCUT2D eigenvalue weighted by Crippen LogP contribution is 2.06. The van der Waals surface area contributed by atoms with Crippen LogP contribution in [0.3, 0.4) is 0 Å². The topological polar surface area (TPSA) is 69.9 Å². The second-order valence-electron chi connectivity index (χ2n) is 3.88. The molecule has 0 radical (unpaired) electrons. The van der Waals surface area contributed by atoms with Crippen LogP contribution < -0.4 is 0 Å². The van der Waals surface area contributed by atoms with Crippen LogP contribution in [0.4, 0.5) is 0 Å². The number of ether oxygens (including phenoxy) is 1. The minimum atomic E-state index is -0.462. The van der Waals surface area contributed by atoms with Crippen LogP contribution >= 0.6 is 0 Å². The largest absolute Gasteiger partial charge is 0.461 e. The molecule has 2 heterocycles. The molecule has 0 spiro atoms. The van der Waals surface area contributed by atoms with Gasteiger partial charge < -0.3 is 4.74 Å². The highest BCUT2D eigenvalue weighted by molar-refractivity contribution is 5.86. The van der Waals surface area contributed by atoms with Crippen molar-refractivity contribution in [3.05, 3.63) is 35.8 Å². The Labute approximate surface area is 105 Å². The molecule has 0 aliphatic rings. The van der Waals surface area contributed by atoms with Gasteiger partial charge in [-0.15, -0.1) is 5.10 Å². The molecule has 0 saturated heterocycles. The van der Waals surface area contributed by atoms with E-state index in [0.29, 0.717) is 12.4 Å². The maximum Gasteiger partial charge on any atom is 0.360 e. The summed E-state index contributed by atoms with van der Waals surface area (Å²) in [5, 5.41) is 7.63. The predicted octanol–water partition coefficient (Wildman–Crippen LogP) is 1.54. The van der Waals surface area contributed by atoms with E-state index < -0.39 is 5.97 Å². The van der Waals surface area contributed by atoms with Crippen LogP contribution in [0.2, 0.25) is 0 Å². The average Bonchev–Trinajstić information content (AvgIpc) is 2.85. The van der Waals surface area contributed by atoms with Gasteiger partial charge in [-0.1, -0.05) is 12.1 Å². The van der Waals surface area contributed by atoms with E-state index in [4.69, 9.17) is 4.74 Å². The van der Waals surface area contributed by atoms with Crippen molar-refractivity contribution in [2.45, 2.75) is 20.3 Å². The Morgan fingerprint density at radius 1 is 1.50 bits per heavy atom. The zero-order valence-electron chi connectivity index (χ0n) is 10.3. The smallest absolute Gasteiger partial charge is 0.360 e. The molecule has 18 heavy (non-hydrogen) atoms. The van der Waals surface area contributed by atoms with Gasteiger partial charge in [0.2, 0.25) is 0 Å². The summed E-state index contributed by atoms with van der Waals surface area (Å²) >= 11 is 0. The van der Waals surface area contributed by atoms with Crippen LogP contribution in [0.15, 0.2) is 24.5 Å². The van der Waals surface area contributed by atoms with E-state index in [2.05, 4.69) is 15.3 Å². The molecule has 2 rings (SSSR count). The van der Waals surface area contributed by atoms with E-state index in [-0.39, 0.29) is 5.69 Å². The summed E-state index contributed by atoms with van der Waals surface area (Å²) in [5.74, 6) is 0.160. The molecular formula is C12H14N4O2. The third kappa shape index (κ3) is 2.71. The van der Waals surface area contributed by atoms with E-state index in [9.17, 15) is 4.79 Å². The molecule has 0 fully saturated rings. The minimum absolute atomic E-state index is 0.187. The highest BCUT2D eigenvalue weighted by Gasteiger charge is 2.12. The second-order valence-corrected chi connectivity index (χ2v) is 3.88. The number of nitrogens with zero attached hydrogens (tertiary/aromatic N) is 4. The predicted molar refractivity (Wildman–Crippen MR) is 64.5 cm³/mol. The van der Waals surface area contributed by atoms with Crippen LogP contribution in [0.5, 0.6) is 0 Å². The number of esters is 1. The molecule has 0 aliphatic carbocycles. The maximum absolute atomic E-state index is 11.6. The number of carbonyl (C=O) groups excluding carboxylic acids is 1. The van der Waals surface area contributed by atoms with Gasteiger partial charge in [0.1, 0.15) is 0 Å². The number of aromatic nitrogens is 4. The van der Waals surface area contributed by atoms with Gasteiger partial charge in [0.15, 0.2) is 11.5 Å². The lowest BCUT2D eigenvalue weighted by molar-refractivity contribution is 0.0498. The Balaban J connectivity index is 2.17. The fourth-order valence-electron chi connectivity index (χ4n) is 1.38. The van der Waals surface area contributed by atoms with Crippen molar-refractivity contribution in [2.24, 2.45) is 0 Å². The molecule has 0 saturated carbocycles. The van der Waals surface area contributed by atoms with Gasteiger partial charge in [0.05, 0.1) is 12.8 Å². The molecule has 0 atom stereocenters. The van der Waals surface area contributed by atoms with Crippen molar-refractivity contribution >= 4 is 5.97 Å². The first kappa shape index (κ1) is 12.2. The zero-order chi connectivity index (χ0) is 13.0. The van der Waals surface area contributed by atoms with Crippen LogP contribution in [-0.4, -0.2) is 32.6 Å². The van der Waals surface area contributed by atoms with Crippen molar-refractivity contribution in [3.63, 3.8) is 0 Å². The van der Waals surface area contributed by atoms with Crippen molar-refractivity contribution in [2.75, 3.05) is 6.61 Å². The fraction of sp³-hybridized carbons (Fsp3) is 0.333. The molecule has 94 valence electrons. The van der Waals surface area contributed by atoms with Crippen LogP contribution in [0.25, 0.3) is 5.82 Å². The van der Waals surface area contributed by atoms with Crippen molar-refractivity contribution < 1.29 is 9.53 Å². The molecule has 6 heteroatoms. The molecule has 2 aromatic rings. The lowest BCUT2D eigenvalue weighted by Gasteiger charge is -1.99. The first-order valence-electron chi connectivity index (χ1n) is 5.73. The molecule has 0 N–H and O–H groups in total. The SMILES string of the molecule is CCCOC(=O)c1cn(-c2cc(C)ccn2)nn1. The lowest BCUT2D eigenvalue weighted by Crippen LogP contribution is -2.06. The summed E-state index contributed by atoms with van der Waals surface area (Å²) in [7, 11) is 0. The number of pyridine rings is 1. The third-order valence-corrected chi connectivity index (χ3v) is 2.28. The molecule has 0 bridgehead atoms. The number of aryl methyl sites for hydroxylation is 1. The Bertz CT molecular complexity index is 551. The lowest BCUT2D eigenvalue weighted by atomic mass is 10.3. The molecule has 6 nitrogen and oxygen atoms in total. The van der Waals surface area contributed by atoms with Crippen LogP contribution in [0.1, 0.15) is 29.4 Å². The third-order valence-electron chi connectivity index (χ3n) is 2.28. The Hall–Kier alpha value is -2.24. The van der Waals surface area contributed by atoms with Gasteiger partial charge in [-0.3, -0.25) is 0 Å². The normalized spacial score (nSPS) is 10.3. The fourth-order valence-corrected chi connectivity index (χ4v) is 1.38. The summed E-state index contributed by atoms with van der Waals surface area (Å²) in [4.78, 5) is 15.7. The summed E-state index contributed by atoms with van der Waals surface area (Å²) in [6, 6.07) is 3.74. The number of hydrogen-bond donors (Lipinski definition) is 0. The van der Waals surface area contributed by atoms with Gasteiger partial charge >= 0.3 is 5.97 Å². The van der Waals surface area contributed by atoms with Crippen molar-refractivity contribution in [1.82, 2.24) is 20.0 Å². The van der Waals surface area contributed by atoms with E-state index in [1.54, 1.807) is 6.20 Å². The van der Waals surface area contributed by atoms with Crippen LogP contribution in [0, 0.1) is 6.92 Å². The molecule has 0 unspecified atom stereocenters. The van der Waals surface area contributed by atoms with Crippen molar-refractivity contribution in [1.29, 1.82) is 0 Å². The number of carbonyl (C=O) groups is 1. The molecular weight excluding hydrogens is 232 g/mol. The average molecular weight is 246 g/mol.